The molecule has 9 heteroatoms. The number of aliphatic hydroxyl groups is 1. The van der Waals surface area contributed by atoms with Gasteiger partial charge >= 0.3 is 0 Å². The second-order valence-corrected chi connectivity index (χ2v) is 8.27. The number of sulfonamides is 1. The summed E-state index contributed by atoms with van der Waals surface area (Å²) in [6.45, 7) is 2.82. The Morgan fingerprint density at radius 2 is 2.04 bits per heavy atom. The van der Waals surface area contributed by atoms with Crippen molar-refractivity contribution in [3.8, 4) is 0 Å². The Bertz CT molecular complexity index is 498. The second-order valence-electron chi connectivity index (χ2n) is 6.35. The maximum absolute atomic E-state index is 12.1. The highest BCUT2D eigenvalue weighted by Crippen LogP contribution is 2.12. The molecule has 1 atom stereocenters. The molecule has 2 rings (SSSR count). The van der Waals surface area contributed by atoms with E-state index in [1.165, 1.54) is 0 Å². The van der Waals surface area contributed by atoms with E-state index in [-0.39, 0.29) is 18.0 Å². The lowest BCUT2D eigenvalue weighted by atomic mass is 10.1. The van der Waals surface area contributed by atoms with Crippen LogP contribution in [0.15, 0.2) is 4.99 Å². The van der Waals surface area contributed by atoms with Gasteiger partial charge in [-0.3, -0.25) is 4.99 Å². The highest BCUT2D eigenvalue weighted by molar-refractivity contribution is 7.89. The van der Waals surface area contributed by atoms with Crippen molar-refractivity contribution < 1.29 is 18.3 Å². The first-order chi connectivity index (χ1) is 11.5. The van der Waals surface area contributed by atoms with E-state index in [0.717, 1.165) is 39.0 Å². The Labute approximate surface area is 144 Å². The van der Waals surface area contributed by atoms with Gasteiger partial charge in [-0.25, -0.2) is 13.1 Å². The second kappa shape index (κ2) is 9.55. The van der Waals surface area contributed by atoms with Gasteiger partial charge in [-0.2, -0.15) is 0 Å². The molecule has 24 heavy (non-hydrogen) atoms. The van der Waals surface area contributed by atoms with E-state index in [0.29, 0.717) is 31.9 Å². The van der Waals surface area contributed by atoms with E-state index < -0.39 is 10.0 Å². The number of aliphatic imine (C=N–C) groups is 1. The van der Waals surface area contributed by atoms with Crippen LogP contribution in [-0.4, -0.2) is 82.2 Å². The van der Waals surface area contributed by atoms with Crippen molar-refractivity contribution in [1.82, 2.24) is 14.9 Å². The fraction of sp³-hybridized carbons (Fsp3) is 0.933. The molecule has 1 unspecified atom stereocenters. The molecule has 140 valence electrons. The Balaban J connectivity index is 1.68. The van der Waals surface area contributed by atoms with E-state index in [1.54, 1.807) is 7.05 Å². The van der Waals surface area contributed by atoms with Crippen molar-refractivity contribution in [3.05, 3.63) is 0 Å². The van der Waals surface area contributed by atoms with Gasteiger partial charge in [0, 0.05) is 39.8 Å². The number of rotatable bonds is 6. The first-order valence-electron chi connectivity index (χ1n) is 8.73. The molecular weight excluding hydrogens is 332 g/mol. The molecule has 0 aromatic heterocycles. The van der Waals surface area contributed by atoms with E-state index in [4.69, 9.17) is 4.74 Å². The number of aliphatic hydroxyl groups excluding tert-OH is 1. The smallest absolute Gasteiger partial charge is 0.213 e. The molecule has 2 aliphatic rings. The van der Waals surface area contributed by atoms with Crippen LogP contribution >= 0.6 is 0 Å². The summed E-state index contributed by atoms with van der Waals surface area (Å²) in [4.78, 5) is 6.23. The quantitative estimate of drug-likeness (QED) is 0.435. The molecule has 2 saturated heterocycles. The number of piperidine rings is 1. The largest absolute Gasteiger partial charge is 0.393 e. The Kier molecular flexibility index (Phi) is 7.73. The molecule has 2 heterocycles. The van der Waals surface area contributed by atoms with Gasteiger partial charge in [-0.05, 0) is 32.1 Å². The normalized spacial score (nSPS) is 24.2. The van der Waals surface area contributed by atoms with Crippen LogP contribution in [0.1, 0.15) is 32.1 Å². The Morgan fingerprint density at radius 1 is 1.29 bits per heavy atom. The molecule has 2 aliphatic heterocycles. The predicted octanol–water partition coefficient (Wildman–Crippen LogP) is -0.493. The number of ether oxygens (including phenoxy) is 1. The molecule has 0 aromatic rings. The van der Waals surface area contributed by atoms with Crippen LogP contribution in [0.2, 0.25) is 0 Å². The highest BCUT2D eigenvalue weighted by Gasteiger charge is 2.21. The topological polar surface area (TPSA) is 103 Å². The van der Waals surface area contributed by atoms with Crippen LogP contribution in [0.5, 0.6) is 0 Å². The summed E-state index contributed by atoms with van der Waals surface area (Å²) in [5.41, 5.74) is 0. The van der Waals surface area contributed by atoms with Crippen molar-refractivity contribution in [2.24, 2.45) is 4.99 Å². The van der Waals surface area contributed by atoms with E-state index in [1.807, 2.05) is 4.90 Å². The molecular formula is C15H30N4O4S. The highest BCUT2D eigenvalue weighted by atomic mass is 32.2. The number of nitrogens with one attached hydrogen (secondary N) is 2. The number of hydrogen-bond donors (Lipinski definition) is 3. The summed E-state index contributed by atoms with van der Waals surface area (Å²) in [5.74, 6) is 0.683. The summed E-state index contributed by atoms with van der Waals surface area (Å²) in [6.07, 6.45) is 4.23. The van der Waals surface area contributed by atoms with Crippen molar-refractivity contribution in [2.75, 3.05) is 45.6 Å². The molecule has 0 bridgehead atoms. The van der Waals surface area contributed by atoms with Crippen molar-refractivity contribution in [3.63, 3.8) is 0 Å². The van der Waals surface area contributed by atoms with Crippen molar-refractivity contribution in [1.29, 1.82) is 0 Å². The standard InChI is InChI=1S/C15H30N4O4S/c1-16-15(19-8-5-13(20)6-9-19)17-7-11-24(21,22)18-12-14-4-2-3-10-23-14/h13-14,18,20H,2-12H2,1H3,(H,16,17). The SMILES string of the molecule is CN=C(NCCS(=O)(=O)NCC1CCCCO1)N1CCC(O)CC1. The summed E-state index contributed by atoms with van der Waals surface area (Å²) < 4.78 is 32.3. The summed E-state index contributed by atoms with van der Waals surface area (Å²) in [5, 5.41) is 12.6. The zero-order valence-electron chi connectivity index (χ0n) is 14.4. The van der Waals surface area contributed by atoms with Gasteiger partial charge in [0.25, 0.3) is 0 Å². The predicted molar refractivity (Wildman–Crippen MR) is 93.6 cm³/mol. The Morgan fingerprint density at radius 3 is 2.67 bits per heavy atom. The average molecular weight is 362 g/mol. The van der Waals surface area contributed by atoms with Gasteiger partial charge in [0.1, 0.15) is 0 Å². The summed E-state index contributed by atoms with van der Waals surface area (Å²) in [6, 6.07) is 0. The fourth-order valence-corrected chi connectivity index (χ4v) is 3.92. The van der Waals surface area contributed by atoms with Gasteiger partial charge in [0.05, 0.1) is 18.0 Å². The summed E-state index contributed by atoms with van der Waals surface area (Å²) >= 11 is 0. The van der Waals surface area contributed by atoms with Gasteiger partial charge in [-0.1, -0.05) is 0 Å². The monoisotopic (exact) mass is 362 g/mol. The number of likely N-dealkylation sites (tertiary alicyclic amines) is 1. The molecule has 2 fully saturated rings. The molecule has 8 nitrogen and oxygen atoms in total. The van der Waals surface area contributed by atoms with Crippen LogP contribution < -0.4 is 10.0 Å². The molecule has 0 aliphatic carbocycles. The van der Waals surface area contributed by atoms with Gasteiger partial charge in [-0.15, -0.1) is 0 Å². The first kappa shape index (κ1) is 19.4. The number of guanidine groups is 1. The zero-order valence-corrected chi connectivity index (χ0v) is 15.2. The Hall–Kier alpha value is -0.900. The van der Waals surface area contributed by atoms with E-state index in [2.05, 4.69) is 15.0 Å². The maximum atomic E-state index is 12.1. The van der Waals surface area contributed by atoms with Crippen LogP contribution in [-0.2, 0) is 14.8 Å². The molecule has 0 radical (unpaired) electrons. The lowest BCUT2D eigenvalue weighted by molar-refractivity contribution is 0.0200. The van der Waals surface area contributed by atoms with Crippen LogP contribution in [0, 0.1) is 0 Å². The van der Waals surface area contributed by atoms with Gasteiger partial charge in [0.2, 0.25) is 10.0 Å². The van der Waals surface area contributed by atoms with Crippen LogP contribution in [0.4, 0.5) is 0 Å². The average Bonchev–Trinajstić information content (AvgIpc) is 2.59. The lowest BCUT2D eigenvalue weighted by Gasteiger charge is -2.32. The van der Waals surface area contributed by atoms with Crippen LogP contribution in [0.3, 0.4) is 0 Å². The fourth-order valence-electron chi connectivity index (χ4n) is 2.97. The minimum atomic E-state index is -3.33. The molecule has 0 amide bonds. The van der Waals surface area contributed by atoms with Crippen molar-refractivity contribution in [2.45, 2.75) is 44.3 Å². The lowest BCUT2D eigenvalue weighted by Crippen LogP contribution is -2.48. The van der Waals surface area contributed by atoms with Gasteiger partial charge < -0.3 is 20.1 Å². The minimum Gasteiger partial charge on any atom is -0.393 e. The third-order valence-corrected chi connectivity index (χ3v) is 5.78. The molecule has 0 spiro atoms. The summed E-state index contributed by atoms with van der Waals surface area (Å²) in [7, 11) is -1.65. The van der Waals surface area contributed by atoms with Crippen molar-refractivity contribution >= 4 is 16.0 Å². The number of hydrogen-bond acceptors (Lipinski definition) is 5. The van der Waals surface area contributed by atoms with E-state index >= 15 is 0 Å². The van der Waals surface area contributed by atoms with Crippen LogP contribution in [0.25, 0.3) is 0 Å². The third-order valence-electron chi connectivity index (χ3n) is 4.43. The number of nitrogens with zero attached hydrogens (tertiary/aromatic N) is 2. The first-order valence-corrected chi connectivity index (χ1v) is 10.4. The zero-order chi connectivity index (χ0) is 17.4. The van der Waals surface area contributed by atoms with Gasteiger partial charge in [0.15, 0.2) is 5.96 Å². The maximum Gasteiger partial charge on any atom is 0.213 e. The molecule has 0 saturated carbocycles. The van der Waals surface area contributed by atoms with E-state index in [9.17, 15) is 13.5 Å². The molecule has 0 aromatic carbocycles. The molecule has 3 N–H and O–H groups in total. The minimum absolute atomic E-state index is 0.00476. The third kappa shape index (κ3) is 6.54.